The first-order valence-corrected chi connectivity index (χ1v) is 8.20. The van der Waals surface area contributed by atoms with Gasteiger partial charge in [0.1, 0.15) is 17.2 Å². The van der Waals surface area contributed by atoms with Crippen LogP contribution in [0.15, 0.2) is 76.1 Å². The molecule has 0 radical (unpaired) electrons. The largest absolute Gasteiger partial charge is 0.465 e. The second-order valence-corrected chi connectivity index (χ2v) is 6.40. The minimum Gasteiger partial charge on any atom is -0.465 e. The number of alkyl halides is 1. The fourth-order valence-electron chi connectivity index (χ4n) is 2.79. The first kappa shape index (κ1) is 17.9. The van der Waals surface area contributed by atoms with Crippen LogP contribution in [0, 0.1) is 5.82 Å². The van der Waals surface area contributed by atoms with E-state index in [1.807, 2.05) is 19.1 Å². The van der Waals surface area contributed by atoms with Gasteiger partial charge in [-0.15, -0.1) is 0 Å². The van der Waals surface area contributed by atoms with Crippen LogP contribution in [-0.2, 0) is 14.5 Å². The fourth-order valence-corrected chi connectivity index (χ4v) is 3.17. The molecule has 2 heterocycles. The van der Waals surface area contributed by atoms with Crippen LogP contribution in [0.5, 0.6) is 0 Å². The lowest BCUT2D eigenvalue weighted by Gasteiger charge is -2.31. The van der Waals surface area contributed by atoms with Crippen LogP contribution in [0.3, 0.4) is 0 Å². The van der Waals surface area contributed by atoms with Gasteiger partial charge in [-0.1, -0.05) is 23.7 Å². The smallest absolute Gasteiger partial charge is 0.341 e. The van der Waals surface area contributed by atoms with E-state index < -0.39 is 11.0 Å². The van der Waals surface area contributed by atoms with Crippen molar-refractivity contribution in [3.05, 3.63) is 82.5 Å². The van der Waals surface area contributed by atoms with Crippen molar-refractivity contribution < 1.29 is 13.9 Å². The highest BCUT2D eigenvalue weighted by atomic mass is 35.5. The number of esters is 1. The summed E-state index contributed by atoms with van der Waals surface area (Å²) >= 11 is 6.88. The van der Waals surface area contributed by atoms with Gasteiger partial charge < -0.3 is 15.8 Å². The monoisotopic (exact) mass is 373 g/mol. The Morgan fingerprint density at radius 1 is 1.31 bits per heavy atom. The number of rotatable bonds is 2. The lowest BCUT2D eigenvalue weighted by atomic mass is 9.88. The van der Waals surface area contributed by atoms with E-state index in [9.17, 15) is 9.18 Å². The lowest BCUT2D eigenvalue weighted by molar-refractivity contribution is -0.135. The third-order valence-corrected chi connectivity index (χ3v) is 4.59. The van der Waals surface area contributed by atoms with Crippen molar-refractivity contribution >= 4 is 23.4 Å². The van der Waals surface area contributed by atoms with Crippen LogP contribution < -0.4 is 11.1 Å². The van der Waals surface area contributed by atoms with E-state index in [0.29, 0.717) is 11.1 Å². The summed E-state index contributed by atoms with van der Waals surface area (Å²) in [5.74, 6) is -1.04. The zero-order valence-electron chi connectivity index (χ0n) is 14.2. The number of hydrogen-bond acceptors (Lipinski definition) is 5. The highest BCUT2D eigenvalue weighted by Crippen LogP contribution is 2.44. The molecule has 26 heavy (non-hydrogen) atoms. The Hall–Kier alpha value is -2.86. The number of hydrogen-bond donors (Lipinski definition) is 2. The highest BCUT2D eigenvalue weighted by molar-refractivity contribution is 6.30. The summed E-state index contributed by atoms with van der Waals surface area (Å²) in [4.78, 5) is 15.0. The molecule has 1 aromatic carbocycles. The molecule has 3 rings (SSSR count). The van der Waals surface area contributed by atoms with Crippen molar-refractivity contribution in [2.24, 2.45) is 10.7 Å². The minimum atomic E-state index is -1.40. The zero-order chi connectivity index (χ0) is 18.9. The minimum absolute atomic E-state index is 0.0425. The molecule has 1 aromatic rings. The maximum Gasteiger partial charge on any atom is 0.341 e. The van der Waals surface area contributed by atoms with Gasteiger partial charge in [0, 0.05) is 17.5 Å². The van der Waals surface area contributed by atoms with Gasteiger partial charge in [0.2, 0.25) is 0 Å². The Balaban J connectivity index is 2.26. The number of carbonyl (C=O) groups is 1. The van der Waals surface area contributed by atoms with Crippen molar-refractivity contribution in [3.8, 4) is 0 Å². The molecule has 0 fully saturated rings. The van der Waals surface area contributed by atoms with Crippen LogP contribution >= 0.6 is 11.6 Å². The van der Waals surface area contributed by atoms with E-state index >= 15 is 0 Å². The average Bonchev–Trinajstić information content (AvgIpc) is 2.61. The number of methoxy groups -OCH3 is 1. The van der Waals surface area contributed by atoms with Crippen molar-refractivity contribution in [2.75, 3.05) is 7.11 Å². The number of carbonyl (C=O) groups excluding carboxylic acids is 1. The van der Waals surface area contributed by atoms with Gasteiger partial charge in [-0.3, -0.25) is 0 Å². The maximum absolute atomic E-state index is 13.4. The quantitative estimate of drug-likeness (QED) is 0.474. The van der Waals surface area contributed by atoms with Crippen molar-refractivity contribution in [2.45, 2.75) is 11.9 Å². The topological polar surface area (TPSA) is 76.7 Å². The molecular formula is C19H17ClFN3O2. The second kappa shape index (κ2) is 6.80. The van der Waals surface area contributed by atoms with E-state index in [1.54, 1.807) is 12.3 Å². The van der Waals surface area contributed by atoms with Crippen LogP contribution in [-0.4, -0.2) is 18.9 Å². The maximum atomic E-state index is 13.4. The van der Waals surface area contributed by atoms with Gasteiger partial charge in [-0.2, -0.15) is 0 Å². The Morgan fingerprint density at radius 3 is 2.62 bits per heavy atom. The molecule has 5 nitrogen and oxygen atoms in total. The Labute approximate surface area is 155 Å². The number of allylic oxidation sites excluding steroid dienone is 4. The van der Waals surface area contributed by atoms with Gasteiger partial charge in [0.25, 0.3) is 0 Å². The Kier molecular flexibility index (Phi) is 4.70. The number of aliphatic imine (C=N–C) groups is 1. The number of dihydropyridines is 2. The number of nitrogens with zero attached hydrogens (tertiary/aromatic N) is 1. The highest BCUT2D eigenvalue weighted by Gasteiger charge is 2.39. The van der Waals surface area contributed by atoms with Crippen LogP contribution in [0.2, 0.25) is 0 Å². The van der Waals surface area contributed by atoms with Crippen molar-refractivity contribution in [1.82, 2.24) is 5.32 Å². The van der Waals surface area contributed by atoms with Crippen LogP contribution in [0.1, 0.15) is 12.5 Å². The molecule has 0 amide bonds. The lowest BCUT2D eigenvalue weighted by Crippen LogP contribution is -2.33. The number of amidine groups is 1. The van der Waals surface area contributed by atoms with Crippen molar-refractivity contribution in [3.63, 3.8) is 0 Å². The normalized spacial score (nSPS) is 25.0. The van der Waals surface area contributed by atoms with E-state index in [4.69, 9.17) is 22.1 Å². The SMILES string of the molecule is COC(=O)C1=CC(=C2C=CNC(C)=C2)C(Cl)(c2ccc(F)cc2)N=C1N. The molecule has 0 aliphatic carbocycles. The summed E-state index contributed by atoms with van der Waals surface area (Å²) < 4.78 is 18.1. The third-order valence-electron chi connectivity index (χ3n) is 4.09. The fraction of sp³-hybridized carbons (Fsp3) is 0.158. The van der Waals surface area contributed by atoms with Gasteiger partial charge in [0.15, 0.2) is 5.00 Å². The summed E-state index contributed by atoms with van der Waals surface area (Å²) in [5.41, 5.74) is 8.80. The third kappa shape index (κ3) is 3.15. The molecule has 2 aliphatic heterocycles. The molecule has 1 atom stereocenters. The number of ether oxygens (including phenoxy) is 1. The van der Waals surface area contributed by atoms with E-state index in [1.165, 1.54) is 31.4 Å². The number of halogens is 2. The Morgan fingerprint density at radius 2 is 2.00 bits per heavy atom. The Bertz CT molecular complexity index is 913. The van der Waals surface area contributed by atoms with Gasteiger partial charge in [-0.05, 0) is 48.4 Å². The molecule has 0 bridgehead atoms. The summed E-state index contributed by atoms with van der Waals surface area (Å²) in [6.07, 6.45) is 7.01. The first-order valence-electron chi connectivity index (χ1n) is 7.82. The molecule has 7 heteroatoms. The number of nitrogens with one attached hydrogen (secondary N) is 1. The first-order chi connectivity index (χ1) is 12.3. The van der Waals surface area contributed by atoms with Gasteiger partial charge >= 0.3 is 5.97 Å². The summed E-state index contributed by atoms with van der Waals surface area (Å²) in [6, 6.07) is 5.68. The van der Waals surface area contributed by atoms with Gasteiger partial charge in [0.05, 0.1) is 7.11 Å². The van der Waals surface area contributed by atoms with Crippen LogP contribution in [0.25, 0.3) is 0 Å². The van der Waals surface area contributed by atoms with Crippen LogP contribution in [0.4, 0.5) is 4.39 Å². The average molecular weight is 374 g/mol. The molecule has 0 spiro atoms. The van der Waals surface area contributed by atoms with E-state index in [2.05, 4.69) is 10.3 Å². The molecule has 0 saturated carbocycles. The zero-order valence-corrected chi connectivity index (χ0v) is 15.0. The van der Waals surface area contributed by atoms with E-state index in [0.717, 1.165) is 11.3 Å². The summed E-state index contributed by atoms with van der Waals surface area (Å²) in [7, 11) is 1.26. The van der Waals surface area contributed by atoms with Gasteiger partial charge in [-0.25, -0.2) is 14.2 Å². The number of nitrogens with two attached hydrogens (primary N) is 1. The number of benzene rings is 1. The molecule has 2 aliphatic rings. The summed E-state index contributed by atoms with van der Waals surface area (Å²) in [5, 5.41) is 3.06. The predicted octanol–water partition coefficient (Wildman–Crippen LogP) is 3.00. The summed E-state index contributed by atoms with van der Waals surface area (Å²) in [6.45, 7) is 1.89. The molecule has 0 aromatic heterocycles. The second-order valence-electron chi connectivity index (χ2n) is 5.85. The molecule has 0 saturated heterocycles. The molecule has 134 valence electrons. The molecule has 1 unspecified atom stereocenters. The van der Waals surface area contributed by atoms with E-state index in [-0.39, 0.29) is 17.2 Å². The predicted molar refractivity (Wildman–Crippen MR) is 98.7 cm³/mol. The molecule has 3 N–H and O–H groups in total. The molecular weight excluding hydrogens is 357 g/mol. The van der Waals surface area contributed by atoms with Crippen molar-refractivity contribution in [1.29, 1.82) is 0 Å². The standard InChI is InChI=1S/C19H17ClFN3O2/c1-11-9-12(7-8-23-11)16-10-15(18(25)26-2)17(22)24-19(16,20)13-3-5-14(21)6-4-13/h3-10,23H,1-2H3,(H2,22,24).